The van der Waals surface area contributed by atoms with E-state index in [1.165, 1.54) is 29.5 Å². The molecule has 3 aromatic rings. The van der Waals surface area contributed by atoms with Crippen molar-refractivity contribution >= 4 is 33.1 Å². The van der Waals surface area contributed by atoms with E-state index in [4.69, 9.17) is 0 Å². The van der Waals surface area contributed by atoms with Crippen molar-refractivity contribution in [3.63, 3.8) is 0 Å². The highest BCUT2D eigenvalue weighted by molar-refractivity contribution is 7.17. The summed E-state index contributed by atoms with van der Waals surface area (Å²) in [7, 11) is 0. The van der Waals surface area contributed by atoms with Crippen LogP contribution in [0.25, 0.3) is 10.2 Å². The fourth-order valence-corrected chi connectivity index (χ4v) is 2.77. The van der Waals surface area contributed by atoms with E-state index in [0.717, 1.165) is 6.07 Å². The number of fused-ring (bicyclic) bond motifs is 1. The topological polar surface area (TPSA) is 82.2 Å². The van der Waals surface area contributed by atoms with Crippen LogP contribution >= 0.6 is 11.3 Å². The minimum absolute atomic E-state index is 0.199. The van der Waals surface area contributed by atoms with Gasteiger partial charge in [0.2, 0.25) is 0 Å². The van der Waals surface area contributed by atoms with Gasteiger partial charge in [0.25, 0.3) is 11.5 Å². The van der Waals surface area contributed by atoms with Crippen molar-refractivity contribution in [2.75, 3.05) is 5.32 Å². The Balaban J connectivity index is 2.03. The molecule has 0 radical (unpaired) electrons. The number of amides is 1. The van der Waals surface area contributed by atoms with Gasteiger partial charge in [-0.2, -0.15) is 0 Å². The van der Waals surface area contributed by atoms with E-state index in [-0.39, 0.29) is 11.4 Å². The first-order chi connectivity index (χ1) is 10.1. The van der Waals surface area contributed by atoms with Crippen LogP contribution < -0.4 is 10.9 Å². The summed E-state index contributed by atoms with van der Waals surface area (Å²) in [5.41, 5.74) is -0.434. The molecule has 1 amide bonds. The SMILES string of the molecule is O=C(Nc1cccc(F)c1)c1c(O)c2sccc2[nH]c1=O. The van der Waals surface area contributed by atoms with Crippen LogP contribution in [0.4, 0.5) is 10.1 Å². The average Bonchev–Trinajstić information content (AvgIpc) is 2.87. The maximum Gasteiger partial charge on any atom is 0.265 e. The highest BCUT2D eigenvalue weighted by Crippen LogP contribution is 2.29. The summed E-state index contributed by atoms with van der Waals surface area (Å²) >= 11 is 1.20. The number of nitrogens with one attached hydrogen (secondary N) is 2. The molecule has 3 rings (SSSR count). The maximum absolute atomic E-state index is 13.1. The van der Waals surface area contributed by atoms with E-state index < -0.39 is 22.8 Å². The predicted molar refractivity (Wildman–Crippen MR) is 78.5 cm³/mol. The summed E-state index contributed by atoms with van der Waals surface area (Å²) in [6, 6.07) is 6.90. The van der Waals surface area contributed by atoms with Crippen molar-refractivity contribution in [2.24, 2.45) is 0 Å². The van der Waals surface area contributed by atoms with Gasteiger partial charge in [-0.1, -0.05) is 6.07 Å². The standard InChI is InChI=1S/C14H9FN2O3S/c15-7-2-1-3-8(6-7)16-13(19)10-11(18)12-9(4-5-21-12)17-14(10)20/h1-6H,(H,16,19)(H2,17,18,20). The highest BCUT2D eigenvalue weighted by atomic mass is 32.1. The second-order valence-electron chi connectivity index (χ2n) is 4.31. The maximum atomic E-state index is 13.1. The van der Waals surface area contributed by atoms with Crippen LogP contribution in [0.2, 0.25) is 0 Å². The number of anilines is 1. The molecule has 0 saturated carbocycles. The summed E-state index contributed by atoms with van der Waals surface area (Å²) < 4.78 is 13.5. The van der Waals surface area contributed by atoms with Crippen LogP contribution in [0.5, 0.6) is 5.75 Å². The van der Waals surface area contributed by atoms with Gasteiger partial charge in [-0.05, 0) is 29.6 Å². The van der Waals surface area contributed by atoms with E-state index in [0.29, 0.717) is 10.2 Å². The molecule has 0 aliphatic rings. The van der Waals surface area contributed by atoms with Crippen LogP contribution in [0.15, 0.2) is 40.5 Å². The summed E-state index contributed by atoms with van der Waals surface area (Å²) in [4.78, 5) is 26.5. The Hall–Kier alpha value is -2.67. The minimum Gasteiger partial charge on any atom is -0.505 e. The number of hydrogen-bond acceptors (Lipinski definition) is 4. The molecule has 2 heterocycles. The number of hydrogen-bond donors (Lipinski definition) is 3. The Morgan fingerprint density at radius 2 is 2.14 bits per heavy atom. The third kappa shape index (κ3) is 2.38. The molecule has 0 bridgehead atoms. The number of rotatable bonds is 2. The molecule has 0 saturated heterocycles. The smallest absolute Gasteiger partial charge is 0.265 e. The summed E-state index contributed by atoms with van der Waals surface area (Å²) in [6.45, 7) is 0. The highest BCUT2D eigenvalue weighted by Gasteiger charge is 2.20. The van der Waals surface area contributed by atoms with Crippen LogP contribution in [-0.4, -0.2) is 16.0 Å². The molecule has 2 aromatic heterocycles. The van der Waals surface area contributed by atoms with Crippen LogP contribution in [0.3, 0.4) is 0 Å². The monoisotopic (exact) mass is 304 g/mol. The number of aromatic nitrogens is 1. The van der Waals surface area contributed by atoms with Crippen molar-refractivity contribution < 1.29 is 14.3 Å². The number of carbonyl (C=O) groups excluding carboxylic acids is 1. The van der Waals surface area contributed by atoms with Crippen LogP contribution in [0, 0.1) is 5.82 Å². The Morgan fingerprint density at radius 3 is 2.90 bits per heavy atom. The normalized spacial score (nSPS) is 10.7. The zero-order valence-electron chi connectivity index (χ0n) is 10.5. The van der Waals surface area contributed by atoms with E-state index >= 15 is 0 Å². The van der Waals surface area contributed by atoms with Gasteiger partial charge in [-0.3, -0.25) is 9.59 Å². The molecule has 106 valence electrons. The number of carbonyl (C=O) groups is 1. The van der Waals surface area contributed by atoms with Crippen molar-refractivity contribution in [3.05, 3.63) is 57.4 Å². The van der Waals surface area contributed by atoms with Gasteiger partial charge >= 0.3 is 0 Å². The quantitative estimate of drug-likeness (QED) is 0.681. The third-order valence-corrected chi connectivity index (χ3v) is 3.82. The molecule has 3 N–H and O–H groups in total. The predicted octanol–water partition coefficient (Wildman–Crippen LogP) is 2.69. The van der Waals surface area contributed by atoms with Gasteiger partial charge in [0.15, 0.2) is 5.75 Å². The molecular formula is C14H9FN2O3S. The van der Waals surface area contributed by atoms with Crippen LogP contribution in [-0.2, 0) is 0 Å². The second kappa shape index (κ2) is 5.02. The lowest BCUT2D eigenvalue weighted by Gasteiger charge is -2.06. The van der Waals surface area contributed by atoms with Gasteiger partial charge in [-0.25, -0.2) is 4.39 Å². The van der Waals surface area contributed by atoms with Crippen molar-refractivity contribution in [1.29, 1.82) is 0 Å². The average molecular weight is 304 g/mol. The molecule has 0 atom stereocenters. The first-order valence-electron chi connectivity index (χ1n) is 5.95. The number of benzene rings is 1. The number of pyridine rings is 1. The van der Waals surface area contributed by atoms with Crippen molar-refractivity contribution in [3.8, 4) is 5.75 Å². The molecular weight excluding hydrogens is 295 g/mol. The molecule has 1 aromatic carbocycles. The Kier molecular flexibility index (Phi) is 3.19. The van der Waals surface area contributed by atoms with E-state index in [2.05, 4.69) is 10.3 Å². The molecule has 7 heteroatoms. The summed E-state index contributed by atoms with van der Waals surface area (Å²) in [6.07, 6.45) is 0. The fraction of sp³-hybridized carbons (Fsp3) is 0. The van der Waals surface area contributed by atoms with E-state index in [9.17, 15) is 19.1 Å². The van der Waals surface area contributed by atoms with Gasteiger partial charge in [0, 0.05) is 5.69 Å². The van der Waals surface area contributed by atoms with Gasteiger partial charge < -0.3 is 15.4 Å². The largest absolute Gasteiger partial charge is 0.505 e. The Morgan fingerprint density at radius 1 is 1.33 bits per heavy atom. The number of halogens is 1. The zero-order chi connectivity index (χ0) is 15.0. The first kappa shape index (κ1) is 13.3. The molecule has 0 aliphatic heterocycles. The van der Waals surface area contributed by atoms with Crippen LogP contribution in [0.1, 0.15) is 10.4 Å². The van der Waals surface area contributed by atoms with Crippen molar-refractivity contribution in [1.82, 2.24) is 4.98 Å². The molecule has 0 spiro atoms. The number of aromatic amines is 1. The molecule has 21 heavy (non-hydrogen) atoms. The van der Waals surface area contributed by atoms with Gasteiger partial charge in [0.05, 0.1) is 10.2 Å². The first-order valence-corrected chi connectivity index (χ1v) is 6.83. The second-order valence-corrected chi connectivity index (χ2v) is 5.22. The van der Waals surface area contributed by atoms with E-state index in [1.807, 2.05) is 0 Å². The number of thiophene rings is 1. The Labute approximate surface area is 121 Å². The lowest BCUT2D eigenvalue weighted by atomic mass is 10.2. The number of H-pyrrole nitrogens is 1. The third-order valence-electron chi connectivity index (χ3n) is 2.90. The van der Waals surface area contributed by atoms with Gasteiger partial charge in [-0.15, -0.1) is 11.3 Å². The zero-order valence-corrected chi connectivity index (χ0v) is 11.3. The fourth-order valence-electron chi connectivity index (χ4n) is 1.97. The van der Waals surface area contributed by atoms with E-state index in [1.54, 1.807) is 11.4 Å². The Bertz CT molecular complexity index is 901. The molecule has 0 fully saturated rings. The molecule has 0 unspecified atom stereocenters. The lowest BCUT2D eigenvalue weighted by Crippen LogP contribution is -2.23. The van der Waals surface area contributed by atoms with Gasteiger partial charge in [0.1, 0.15) is 11.4 Å². The summed E-state index contributed by atoms with van der Waals surface area (Å²) in [5, 5.41) is 14.2. The summed E-state index contributed by atoms with van der Waals surface area (Å²) in [5.74, 6) is -1.69. The van der Waals surface area contributed by atoms with Crippen molar-refractivity contribution in [2.45, 2.75) is 0 Å². The lowest BCUT2D eigenvalue weighted by molar-refractivity contribution is 0.102. The molecule has 0 aliphatic carbocycles. The molecule has 5 nitrogen and oxygen atoms in total. The number of aromatic hydroxyl groups is 1. The minimum atomic E-state index is -0.797.